The Morgan fingerprint density at radius 3 is 2.64 bits per heavy atom. The predicted molar refractivity (Wildman–Crippen MR) is 81.1 cm³/mol. The van der Waals surface area contributed by atoms with E-state index < -0.39 is 5.79 Å². The molecule has 0 saturated carbocycles. The van der Waals surface area contributed by atoms with Crippen LogP contribution in [0.25, 0.3) is 0 Å². The van der Waals surface area contributed by atoms with Crippen LogP contribution in [0.15, 0.2) is 30.3 Å². The minimum Gasteiger partial charge on any atom is -0.461 e. The third kappa shape index (κ3) is 3.66. The normalized spacial score (nSPS) is 28.5. The van der Waals surface area contributed by atoms with Gasteiger partial charge in [-0.2, -0.15) is 0 Å². The summed E-state index contributed by atoms with van der Waals surface area (Å²) in [4.78, 5) is 11.5. The zero-order valence-corrected chi connectivity index (χ0v) is 13.1. The van der Waals surface area contributed by atoms with Crippen LogP contribution >= 0.6 is 0 Å². The van der Waals surface area contributed by atoms with Gasteiger partial charge in [-0.3, -0.25) is 4.79 Å². The molecular weight excluding hydrogens is 282 g/mol. The fraction of sp³-hybridized carbons (Fsp3) is 0.588. The third-order valence-electron chi connectivity index (χ3n) is 4.13. The summed E-state index contributed by atoms with van der Waals surface area (Å²) in [5.74, 6) is -0.713. The summed E-state index contributed by atoms with van der Waals surface area (Å²) in [6.07, 6.45) is 0.935. The van der Waals surface area contributed by atoms with E-state index in [1.165, 1.54) is 5.56 Å². The van der Waals surface area contributed by atoms with Gasteiger partial charge in [0.15, 0.2) is 5.79 Å². The predicted octanol–water partition coefficient (Wildman–Crippen LogP) is 2.00. The van der Waals surface area contributed by atoms with Crippen molar-refractivity contribution in [1.29, 1.82) is 0 Å². The van der Waals surface area contributed by atoms with Crippen molar-refractivity contribution in [3.63, 3.8) is 0 Å². The van der Waals surface area contributed by atoms with Gasteiger partial charge in [0.2, 0.25) is 0 Å². The number of cyclic esters (lactones) is 1. The van der Waals surface area contributed by atoms with Gasteiger partial charge in [0, 0.05) is 13.0 Å². The molecule has 1 N–H and O–H groups in total. The molecule has 3 atom stereocenters. The van der Waals surface area contributed by atoms with E-state index in [0.717, 1.165) is 6.42 Å². The van der Waals surface area contributed by atoms with E-state index in [2.05, 4.69) is 17.4 Å². The molecule has 0 bridgehead atoms. The molecule has 0 radical (unpaired) electrons. The first-order chi connectivity index (χ1) is 10.5. The number of benzene rings is 1. The number of carbonyl (C=O) groups is 1. The largest absolute Gasteiger partial charge is 0.461 e. The number of esters is 1. The van der Waals surface area contributed by atoms with Crippen molar-refractivity contribution < 1.29 is 19.0 Å². The standard InChI is InChI=1S/C17H23NO4/c1-17(2)20-11-14(22-17)16(13-8-9-15(19)21-13)18-10-12-6-4-3-5-7-12/h3-7,13-14,16,18H,8-11H2,1-2H3/t13-,14+,16-/m0/s1. The molecule has 2 fully saturated rings. The van der Waals surface area contributed by atoms with Gasteiger partial charge in [-0.25, -0.2) is 0 Å². The van der Waals surface area contributed by atoms with E-state index >= 15 is 0 Å². The van der Waals surface area contributed by atoms with Crippen molar-refractivity contribution in [2.75, 3.05) is 6.61 Å². The van der Waals surface area contributed by atoms with Gasteiger partial charge in [0.1, 0.15) is 12.2 Å². The SMILES string of the molecule is CC1(C)OC[C@H]([C@@H](NCc2ccccc2)[C@@H]2CCC(=O)O2)O1. The Balaban J connectivity index is 1.67. The van der Waals surface area contributed by atoms with Gasteiger partial charge in [0.05, 0.1) is 12.6 Å². The second-order valence-corrected chi connectivity index (χ2v) is 6.33. The topological polar surface area (TPSA) is 56.8 Å². The maximum atomic E-state index is 11.5. The Morgan fingerprint density at radius 2 is 2.05 bits per heavy atom. The molecule has 0 unspecified atom stereocenters. The fourth-order valence-electron chi connectivity index (χ4n) is 3.03. The molecule has 1 aromatic rings. The van der Waals surface area contributed by atoms with Crippen LogP contribution in [-0.4, -0.2) is 36.6 Å². The summed E-state index contributed by atoms with van der Waals surface area (Å²) in [5.41, 5.74) is 1.19. The Bertz CT molecular complexity index is 517. The molecule has 0 amide bonds. The molecule has 0 spiro atoms. The number of nitrogens with one attached hydrogen (secondary N) is 1. The van der Waals surface area contributed by atoms with E-state index in [1.807, 2.05) is 32.0 Å². The molecule has 1 aromatic carbocycles. The second-order valence-electron chi connectivity index (χ2n) is 6.33. The molecule has 2 saturated heterocycles. The highest BCUT2D eigenvalue weighted by Crippen LogP contribution is 2.29. The lowest BCUT2D eigenvalue weighted by Gasteiger charge is -2.29. The minimum atomic E-state index is -0.583. The Labute approximate surface area is 130 Å². The lowest BCUT2D eigenvalue weighted by molar-refractivity contribution is -0.152. The van der Waals surface area contributed by atoms with Crippen LogP contribution in [0.1, 0.15) is 32.3 Å². The van der Waals surface area contributed by atoms with Crippen LogP contribution in [0.4, 0.5) is 0 Å². The van der Waals surface area contributed by atoms with Crippen molar-refractivity contribution in [3.8, 4) is 0 Å². The molecule has 5 nitrogen and oxygen atoms in total. The quantitative estimate of drug-likeness (QED) is 0.843. The first-order valence-electron chi connectivity index (χ1n) is 7.82. The zero-order chi connectivity index (χ0) is 15.6. The van der Waals surface area contributed by atoms with Crippen molar-refractivity contribution in [2.24, 2.45) is 0 Å². The fourth-order valence-corrected chi connectivity index (χ4v) is 3.03. The van der Waals surface area contributed by atoms with E-state index in [0.29, 0.717) is 19.6 Å². The molecule has 2 aliphatic heterocycles. The van der Waals surface area contributed by atoms with E-state index in [4.69, 9.17) is 14.2 Å². The van der Waals surface area contributed by atoms with Crippen molar-refractivity contribution in [1.82, 2.24) is 5.32 Å². The highest BCUT2D eigenvalue weighted by atomic mass is 16.7. The molecule has 0 aromatic heterocycles. The molecule has 2 heterocycles. The maximum absolute atomic E-state index is 11.5. The summed E-state index contributed by atoms with van der Waals surface area (Å²) in [7, 11) is 0. The second kappa shape index (κ2) is 6.36. The highest BCUT2D eigenvalue weighted by molar-refractivity contribution is 5.71. The summed E-state index contributed by atoms with van der Waals surface area (Å²) >= 11 is 0. The lowest BCUT2D eigenvalue weighted by atomic mass is 10.0. The van der Waals surface area contributed by atoms with Crippen molar-refractivity contribution in [2.45, 2.75) is 57.3 Å². The van der Waals surface area contributed by atoms with Crippen LogP contribution in [0, 0.1) is 0 Å². The summed E-state index contributed by atoms with van der Waals surface area (Å²) in [5, 5.41) is 3.50. The summed E-state index contributed by atoms with van der Waals surface area (Å²) in [6.45, 7) is 5.02. The Morgan fingerprint density at radius 1 is 1.27 bits per heavy atom. The van der Waals surface area contributed by atoms with Gasteiger partial charge < -0.3 is 19.5 Å². The van der Waals surface area contributed by atoms with Gasteiger partial charge in [-0.1, -0.05) is 30.3 Å². The number of rotatable bonds is 5. The van der Waals surface area contributed by atoms with E-state index in [-0.39, 0.29) is 24.2 Å². The highest BCUT2D eigenvalue weighted by Gasteiger charge is 2.43. The zero-order valence-electron chi connectivity index (χ0n) is 13.1. The van der Waals surface area contributed by atoms with E-state index in [9.17, 15) is 4.79 Å². The molecule has 2 aliphatic rings. The molecule has 0 aliphatic carbocycles. The number of carbonyl (C=O) groups excluding carboxylic acids is 1. The average molecular weight is 305 g/mol. The van der Waals surface area contributed by atoms with Crippen LogP contribution in [-0.2, 0) is 25.5 Å². The Kier molecular flexibility index (Phi) is 4.47. The Hall–Kier alpha value is -1.43. The molecular formula is C17H23NO4. The van der Waals surface area contributed by atoms with E-state index in [1.54, 1.807) is 0 Å². The number of ether oxygens (including phenoxy) is 3. The number of hydrogen-bond acceptors (Lipinski definition) is 5. The van der Waals surface area contributed by atoms with Gasteiger partial charge in [0.25, 0.3) is 0 Å². The molecule has 3 rings (SSSR count). The van der Waals surface area contributed by atoms with Crippen LogP contribution < -0.4 is 5.32 Å². The van der Waals surface area contributed by atoms with Gasteiger partial charge >= 0.3 is 5.97 Å². The molecule has 5 heteroatoms. The van der Waals surface area contributed by atoms with Crippen molar-refractivity contribution >= 4 is 5.97 Å². The summed E-state index contributed by atoms with van der Waals surface area (Å²) in [6, 6.07) is 10.1. The first-order valence-corrected chi connectivity index (χ1v) is 7.82. The molecule has 22 heavy (non-hydrogen) atoms. The molecule has 120 valence electrons. The van der Waals surface area contributed by atoms with Crippen molar-refractivity contribution in [3.05, 3.63) is 35.9 Å². The van der Waals surface area contributed by atoms with Crippen LogP contribution in [0.2, 0.25) is 0 Å². The first kappa shape index (κ1) is 15.5. The number of hydrogen-bond donors (Lipinski definition) is 1. The minimum absolute atomic E-state index is 0.0616. The average Bonchev–Trinajstić information content (AvgIpc) is 3.07. The third-order valence-corrected chi connectivity index (χ3v) is 4.13. The maximum Gasteiger partial charge on any atom is 0.306 e. The van der Waals surface area contributed by atoms with Crippen LogP contribution in [0.3, 0.4) is 0 Å². The van der Waals surface area contributed by atoms with Gasteiger partial charge in [-0.15, -0.1) is 0 Å². The van der Waals surface area contributed by atoms with Gasteiger partial charge in [-0.05, 0) is 25.8 Å². The van der Waals surface area contributed by atoms with Crippen LogP contribution in [0.5, 0.6) is 0 Å². The lowest BCUT2D eigenvalue weighted by Crippen LogP contribution is -2.49. The smallest absolute Gasteiger partial charge is 0.306 e. The monoisotopic (exact) mass is 305 g/mol. The summed E-state index contributed by atoms with van der Waals surface area (Å²) < 4.78 is 17.1.